The number of methoxy groups -OCH3 is 1. The first-order valence-electron chi connectivity index (χ1n) is 7.79. The van der Waals surface area contributed by atoms with E-state index in [2.05, 4.69) is 15.6 Å². The van der Waals surface area contributed by atoms with Gasteiger partial charge in [-0.3, -0.25) is 4.79 Å². The number of hydrogen-bond donors (Lipinski definition) is 2. The third-order valence-electron chi connectivity index (χ3n) is 3.63. The maximum absolute atomic E-state index is 13.2. The zero-order chi connectivity index (χ0) is 19.4. The number of pyridine rings is 1. The van der Waals surface area contributed by atoms with Gasteiger partial charge in [-0.05, 0) is 48.5 Å². The smallest absolute Gasteiger partial charge is 0.256 e. The Labute approximate surface area is 159 Å². The molecule has 5 nitrogen and oxygen atoms in total. The summed E-state index contributed by atoms with van der Waals surface area (Å²) in [6, 6.07) is 11.3. The molecule has 0 radical (unpaired) electrons. The third-order valence-corrected chi connectivity index (χ3v) is 3.86. The van der Waals surface area contributed by atoms with Crippen LogP contribution in [0.4, 0.5) is 26.0 Å². The number of anilines is 3. The first-order chi connectivity index (χ1) is 13.0. The number of aromatic nitrogens is 1. The lowest BCUT2D eigenvalue weighted by atomic mass is 10.2. The van der Waals surface area contributed by atoms with E-state index < -0.39 is 17.5 Å². The molecule has 0 unspecified atom stereocenters. The maximum Gasteiger partial charge on any atom is 0.256 e. The number of nitrogens with zero attached hydrogens (tertiary/aromatic N) is 1. The number of benzene rings is 2. The Morgan fingerprint density at radius 1 is 1.07 bits per heavy atom. The summed E-state index contributed by atoms with van der Waals surface area (Å²) in [7, 11) is 1.55. The quantitative estimate of drug-likeness (QED) is 0.643. The van der Waals surface area contributed by atoms with Crippen LogP contribution >= 0.6 is 11.6 Å². The van der Waals surface area contributed by atoms with Gasteiger partial charge < -0.3 is 15.4 Å². The highest BCUT2D eigenvalue weighted by Gasteiger charge is 2.11. The second kappa shape index (κ2) is 8.01. The van der Waals surface area contributed by atoms with E-state index in [1.54, 1.807) is 37.4 Å². The average molecular weight is 390 g/mol. The normalized spacial score (nSPS) is 10.4. The third kappa shape index (κ3) is 4.51. The molecule has 0 spiro atoms. The Balaban J connectivity index is 1.71. The average Bonchev–Trinajstić information content (AvgIpc) is 2.65. The molecule has 0 aliphatic rings. The molecule has 1 aromatic heterocycles. The molecule has 3 rings (SSSR count). The van der Waals surface area contributed by atoms with E-state index in [-0.39, 0.29) is 11.4 Å². The van der Waals surface area contributed by atoms with Crippen molar-refractivity contribution in [3.8, 4) is 5.75 Å². The molecule has 27 heavy (non-hydrogen) atoms. The molecular weight excluding hydrogens is 376 g/mol. The minimum Gasteiger partial charge on any atom is -0.495 e. The van der Waals surface area contributed by atoms with Crippen LogP contribution in [0, 0.1) is 11.6 Å². The number of amides is 1. The topological polar surface area (TPSA) is 63.2 Å². The van der Waals surface area contributed by atoms with E-state index in [0.29, 0.717) is 22.1 Å². The van der Waals surface area contributed by atoms with Crippen molar-refractivity contribution in [2.24, 2.45) is 0 Å². The van der Waals surface area contributed by atoms with Crippen molar-refractivity contribution in [2.45, 2.75) is 0 Å². The maximum atomic E-state index is 13.2. The van der Waals surface area contributed by atoms with Gasteiger partial charge in [-0.25, -0.2) is 13.8 Å². The Hall–Kier alpha value is -3.19. The largest absolute Gasteiger partial charge is 0.495 e. The van der Waals surface area contributed by atoms with Crippen LogP contribution in [0.1, 0.15) is 10.4 Å². The van der Waals surface area contributed by atoms with Crippen LogP contribution in [0.15, 0.2) is 54.7 Å². The Kier molecular flexibility index (Phi) is 5.52. The fourth-order valence-corrected chi connectivity index (χ4v) is 2.47. The van der Waals surface area contributed by atoms with Crippen molar-refractivity contribution >= 4 is 34.7 Å². The summed E-state index contributed by atoms with van der Waals surface area (Å²) in [5.74, 6) is -1.84. The minimum atomic E-state index is -1.09. The van der Waals surface area contributed by atoms with Gasteiger partial charge in [0.25, 0.3) is 5.91 Å². The first kappa shape index (κ1) is 18.6. The van der Waals surface area contributed by atoms with Crippen molar-refractivity contribution in [1.29, 1.82) is 0 Å². The fourth-order valence-electron chi connectivity index (χ4n) is 2.30. The lowest BCUT2D eigenvalue weighted by Crippen LogP contribution is -2.13. The molecule has 0 bridgehead atoms. The molecule has 0 aliphatic heterocycles. The van der Waals surface area contributed by atoms with Gasteiger partial charge in [0.15, 0.2) is 11.6 Å². The van der Waals surface area contributed by atoms with E-state index in [4.69, 9.17) is 16.3 Å². The minimum absolute atomic E-state index is 0.0124. The van der Waals surface area contributed by atoms with Gasteiger partial charge in [-0.1, -0.05) is 11.6 Å². The number of halogens is 3. The second-order valence-corrected chi connectivity index (χ2v) is 5.92. The highest BCUT2D eigenvalue weighted by atomic mass is 35.5. The number of nitrogens with one attached hydrogen (secondary N) is 2. The van der Waals surface area contributed by atoms with Gasteiger partial charge in [0.2, 0.25) is 0 Å². The predicted molar refractivity (Wildman–Crippen MR) is 99.8 cm³/mol. The van der Waals surface area contributed by atoms with Gasteiger partial charge in [0, 0.05) is 10.6 Å². The molecule has 8 heteroatoms. The van der Waals surface area contributed by atoms with Gasteiger partial charge in [0.1, 0.15) is 11.6 Å². The highest BCUT2D eigenvalue weighted by molar-refractivity contribution is 6.31. The van der Waals surface area contributed by atoms with Crippen LogP contribution in [-0.4, -0.2) is 18.0 Å². The standard InChI is InChI=1S/C19H14ClF2N3O2/c1-27-17-6-3-12(20)9-16(17)24-13-4-7-18(23-10-13)25-19(26)11-2-5-14(21)15(22)8-11/h2-10,24H,1H3,(H,23,25,26). The van der Waals surface area contributed by atoms with Crippen LogP contribution in [0.2, 0.25) is 5.02 Å². The Morgan fingerprint density at radius 2 is 1.89 bits per heavy atom. The van der Waals surface area contributed by atoms with Crippen LogP contribution in [0.5, 0.6) is 5.75 Å². The predicted octanol–water partition coefficient (Wildman–Crippen LogP) is 5.02. The van der Waals surface area contributed by atoms with E-state index in [9.17, 15) is 13.6 Å². The molecule has 0 saturated carbocycles. The van der Waals surface area contributed by atoms with Gasteiger partial charge in [-0.2, -0.15) is 0 Å². The summed E-state index contributed by atoms with van der Waals surface area (Å²) in [6.45, 7) is 0. The SMILES string of the molecule is COc1ccc(Cl)cc1Nc1ccc(NC(=O)c2ccc(F)c(F)c2)nc1. The van der Waals surface area contributed by atoms with Gasteiger partial charge in [-0.15, -0.1) is 0 Å². The summed E-state index contributed by atoms with van der Waals surface area (Å²) < 4.78 is 31.4. The second-order valence-electron chi connectivity index (χ2n) is 5.48. The summed E-state index contributed by atoms with van der Waals surface area (Å²) >= 11 is 5.99. The fraction of sp³-hybridized carbons (Fsp3) is 0.0526. The van der Waals surface area contributed by atoms with Crippen LogP contribution in [0.25, 0.3) is 0 Å². The molecular formula is C19H14ClF2N3O2. The van der Waals surface area contributed by atoms with Crippen molar-refractivity contribution in [1.82, 2.24) is 4.98 Å². The van der Waals surface area contributed by atoms with E-state index in [1.807, 2.05) is 0 Å². The number of rotatable bonds is 5. The summed E-state index contributed by atoms with van der Waals surface area (Å²) in [4.78, 5) is 16.2. The van der Waals surface area contributed by atoms with Crippen molar-refractivity contribution < 1.29 is 18.3 Å². The number of hydrogen-bond acceptors (Lipinski definition) is 4. The van der Waals surface area contributed by atoms with Crippen molar-refractivity contribution in [3.05, 3.63) is 76.9 Å². The number of ether oxygens (including phenoxy) is 1. The molecule has 138 valence electrons. The molecule has 1 heterocycles. The molecule has 2 aromatic carbocycles. The number of carbonyl (C=O) groups is 1. The molecule has 0 aliphatic carbocycles. The molecule has 0 saturated heterocycles. The van der Waals surface area contributed by atoms with Gasteiger partial charge >= 0.3 is 0 Å². The first-order valence-corrected chi connectivity index (χ1v) is 8.17. The van der Waals surface area contributed by atoms with Crippen LogP contribution < -0.4 is 15.4 Å². The molecule has 1 amide bonds. The molecule has 2 N–H and O–H groups in total. The van der Waals surface area contributed by atoms with E-state index in [0.717, 1.165) is 12.1 Å². The van der Waals surface area contributed by atoms with Crippen LogP contribution in [-0.2, 0) is 0 Å². The van der Waals surface area contributed by atoms with Crippen LogP contribution in [0.3, 0.4) is 0 Å². The molecule has 0 atom stereocenters. The lowest BCUT2D eigenvalue weighted by molar-refractivity contribution is 0.102. The molecule has 0 fully saturated rings. The monoisotopic (exact) mass is 389 g/mol. The summed E-state index contributed by atoms with van der Waals surface area (Å²) in [5, 5.41) is 6.17. The Bertz CT molecular complexity index is 981. The van der Waals surface area contributed by atoms with Gasteiger partial charge in [0.05, 0.1) is 24.7 Å². The Morgan fingerprint density at radius 3 is 2.56 bits per heavy atom. The van der Waals surface area contributed by atoms with Crippen molar-refractivity contribution in [3.63, 3.8) is 0 Å². The van der Waals surface area contributed by atoms with E-state index in [1.165, 1.54) is 12.3 Å². The van der Waals surface area contributed by atoms with E-state index >= 15 is 0 Å². The highest BCUT2D eigenvalue weighted by Crippen LogP contribution is 2.30. The lowest BCUT2D eigenvalue weighted by Gasteiger charge is -2.12. The van der Waals surface area contributed by atoms with Crippen molar-refractivity contribution in [2.75, 3.05) is 17.7 Å². The zero-order valence-electron chi connectivity index (χ0n) is 14.1. The summed E-state index contributed by atoms with van der Waals surface area (Å²) in [5.41, 5.74) is 1.29. The number of carbonyl (C=O) groups excluding carboxylic acids is 1. The summed E-state index contributed by atoms with van der Waals surface area (Å²) in [6.07, 6.45) is 1.50. The molecule has 3 aromatic rings. The zero-order valence-corrected chi connectivity index (χ0v) is 14.8.